The molecule has 0 amide bonds. The molecule has 0 aromatic carbocycles. The van der Waals surface area contributed by atoms with Gasteiger partial charge >= 0.3 is 5.97 Å². The van der Waals surface area contributed by atoms with E-state index in [4.69, 9.17) is 0 Å². The molecule has 0 rings (SSSR count). The van der Waals surface area contributed by atoms with Crippen molar-refractivity contribution in [1.82, 2.24) is 0 Å². The maximum atomic E-state index is 10.0. The number of carbonyl (C=O) groups excluding carboxylic acids is 1. The minimum atomic E-state index is -0.477. The van der Waals surface area contributed by atoms with Gasteiger partial charge in [-0.2, -0.15) is 0 Å². The Morgan fingerprint density at radius 3 is 2.12 bits per heavy atom. The molecule has 0 heterocycles. The van der Waals surface area contributed by atoms with Crippen molar-refractivity contribution in [1.29, 1.82) is 0 Å². The predicted octanol–water partition coefficient (Wildman–Crippen LogP) is 0.478. The Balaban J connectivity index is 0. The summed E-state index contributed by atoms with van der Waals surface area (Å²) in [7, 11) is 0. The summed E-state index contributed by atoms with van der Waals surface area (Å²) in [6.45, 7) is 6.31. The maximum absolute atomic E-state index is 10.0. The van der Waals surface area contributed by atoms with Crippen LogP contribution in [0.4, 0.5) is 0 Å². The minimum Gasteiger partial charge on any atom is -0.432 e. The topological polar surface area (TPSA) is 26.3 Å². The molecule has 0 unspecified atom stereocenters. The van der Waals surface area contributed by atoms with E-state index in [0.29, 0.717) is 0 Å². The molecule has 0 spiro atoms. The van der Waals surface area contributed by atoms with Gasteiger partial charge in [0.2, 0.25) is 0 Å². The second kappa shape index (κ2) is 6.95. The predicted molar refractivity (Wildman–Crippen MR) is 32.2 cm³/mol. The van der Waals surface area contributed by atoms with Crippen LogP contribution in [-0.2, 0) is 9.53 Å². The summed E-state index contributed by atoms with van der Waals surface area (Å²) in [4.78, 5) is 10.0. The van der Waals surface area contributed by atoms with Crippen molar-refractivity contribution in [2.45, 2.75) is 0 Å². The third-order valence-corrected chi connectivity index (χ3v) is 0.366. The Hall–Kier alpha value is -0.0500. The van der Waals surface area contributed by atoms with E-state index < -0.39 is 5.97 Å². The fraction of sp³-hybridized carbons (Fsp3) is 0. The Morgan fingerprint density at radius 1 is 1.50 bits per heavy atom. The van der Waals surface area contributed by atoms with Gasteiger partial charge in [0, 0.05) is 35.6 Å². The fourth-order valence-corrected chi connectivity index (χ4v) is 0.130. The molecule has 0 aliphatic rings. The first-order valence-corrected chi connectivity index (χ1v) is 1.75. The van der Waals surface area contributed by atoms with Gasteiger partial charge in [0.05, 0.1) is 6.26 Å². The molecule has 0 saturated carbocycles. The molecule has 39 valence electrons. The first-order valence-electron chi connectivity index (χ1n) is 1.75. The van der Waals surface area contributed by atoms with Crippen LogP contribution in [0.15, 0.2) is 25.5 Å². The molecule has 0 aromatic rings. The zero-order valence-electron chi connectivity index (χ0n) is 4.89. The SMILES string of the molecule is C=COC(=O)C=C.[Na]. The van der Waals surface area contributed by atoms with Crippen molar-refractivity contribution in [3.63, 3.8) is 0 Å². The van der Waals surface area contributed by atoms with E-state index >= 15 is 0 Å². The molecule has 0 N–H and O–H groups in total. The third-order valence-electron chi connectivity index (χ3n) is 0.366. The fourth-order valence-electron chi connectivity index (χ4n) is 0.130. The van der Waals surface area contributed by atoms with Crippen LogP contribution >= 0.6 is 0 Å². The standard InChI is InChI=1S/C5H6O2.Na/c1-3-5(6)7-4-2;/h3-4H,1-2H2;. The zero-order chi connectivity index (χ0) is 5.70. The van der Waals surface area contributed by atoms with Crippen LogP contribution in [0.3, 0.4) is 0 Å². The van der Waals surface area contributed by atoms with Gasteiger partial charge in [-0.15, -0.1) is 0 Å². The van der Waals surface area contributed by atoms with Crippen molar-refractivity contribution in [2.75, 3.05) is 0 Å². The van der Waals surface area contributed by atoms with Gasteiger partial charge < -0.3 is 4.74 Å². The van der Waals surface area contributed by atoms with Gasteiger partial charge in [-0.3, -0.25) is 0 Å². The van der Waals surface area contributed by atoms with E-state index in [9.17, 15) is 4.79 Å². The summed E-state index contributed by atoms with van der Waals surface area (Å²) >= 11 is 0. The number of hydrogen-bond donors (Lipinski definition) is 0. The second-order valence-electron chi connectivity index (χ2n) is 0.808. The molecule has 0 fully saturated rings. The van der Waals surface area contributed by atoms with Crippen molar-refractivity contribution < 1.29 is 9.53 Å². The van der Waals surface area contributed by atoms with Crippen molar-refractivity contribution in [3.8, 4) is 0 Å². The summed E-state index contributed by atoms with van der Waals surface area (Å²) in [6, 6.07) is 0. The van der Waals surface area contributed by atoms with Crippen LogP contribution in [0.2, 0.25) is 0 Å². The van der Waals surface area contributed by atoms with Crippen LogP contribution < -0.4 is 0 Å². The molecular formula is C5H6NaO2. The van der Waals surface area contributed by atoms with E-state index in [1.54, 1.807) is 0 Å². The van der Waals surface area contributed by atoms with E-state index in [2.05, 4.69) is 17.9 Å². The van der Waals surface area contributed by atoms with E-state index in [0.717, 1.165) is 12.3 Å². The smallest absolute Gasteiger partial charge is 0.334 e. The quantitative estimate of drug-likeness (QED) is 0.230. The van der Waals surface area contributed by atoms with Gasteiger partial charge in [0.25, 0.3) is 0 Å². The van der Waals surface area contributed by atoms with Crippen LogP contribution in [0.25, 0.3) is 0 Å². The second-order valence-corrected chi connectivity index (χ2v) is 0.808. The Kier molecular flexibility index (Phi) is 9.42. The Bertz CT molecular complexity index is 98.6. The summed E-state index contributed by atoms with van der Waals surface area (Å²) in [5, 5.41) is 0. The van der Waals surface area contributed by atoms with Crippen molar-refractivity contribution >= 4 is 35.5 Å². The molecule has 0 aromatic heterocycles. The first kappa shape index (κ1) is 10.8. The molecular weight excluding hydrogens is 115 g/mol. The maximum Gasteiger partial charge on any atom is 0.334 e. The van der Waals surface area contributed by atoms with Crippen LogP contribution in [0, 0.1) is 0 Å². The van der Waals surface area contributed by atoms with E-state index in [1.807, 2.05) is 0 Å². The molecule has 0 saturated heterocycles. The molecule has 0 bridgehead atoms. The number of esters is 1. The monoisotopic (exact) mass is 121 g/mol. The first-order chi connectivity index (χ1) is 3.31. The average molecular weight is 121 g/mol. The van der Waals surface area contributed by atoms with Gasteiger partial charge in [0.1, 0.15) is 0 Å². The Morgan fingerprint density at radius 2 is 2.00 bits per heavy atom. The molecule has 0 aliphatic carbocycles. The number of ether oxygens (including phenoxy) is 1. The van der Waals surface area contributed by atoms with Gasteiger partial charge in [-0.25, -0.2) is 4.79 Å². The van der Waals surface area contributed by atoms with Gasteiger partial charge in [-0.05, 0) is 0 Å². The zero-order valence-corrected chi connectivity index (χ0v) is 6.89. The summed E-state index contributed by atoms with van der Waals surface area (Å²) in [5.74, 6) is -0.477. The molecule has 0 aliphatic heterocycles. The average Bonchev–Trinajstić information content (AvgIpc) is 1.68. The largest absolute Gasteiger partial charge is 0.432 e. The van der Waals surface area contributed by atoms with E-state index in [-0.39, 0.29) is 29.6 Å². The Labute approximate surface area is 70.5 Å². The van der Waals surface area contributed by atoms with Crippen molar-refractivity contribution in [2.24, 2.45) is 0 Å². The number of hydrogen-bond acceptors (Lipinski definition) is 2. The van der Waals surface area contributed by atoms with Gasteiger partial charge in [0.15, 0.2) is 0 Å². The van der Waals surface area contributed by atoms with Crippen molar-refractivity contribution in [3.05, 3.63) is 25.5 Å². The summed E-state index contributed by atoms with van der Waals surface area (Å²) in [5.41, 5.74) is 0. The normalized spacial score (nSPS) is 6.00. The number of carbonyl (C=O) groups is 1. The van der Waals surface area contributed by atoms with E-state index in [1.165, 1.54) is 0 Å². The summed E-state index contributed by atoms with van der Waals surface area (Å²) < 4.78 is 4.20. The summed E-state index contributed by atoms with van der Waals surface area (Å²) in [6.07, 6.45) is 2.13. The number of rotatable bonds is 2. The van der Waals surface area contributed by atoms with Gasteiger partial charge in [-0.1, -0.05) is 13.2 Å². The minimum absolute atomic E-state index is 0. The third kappa shape index (κ3) is 5.95. The van der Waals surface area contributed by atoms with Crippen LogP contribution in [-0.4, -0.2) is 35.5 Å². The molecule has 2 nitrogen and oxygen atoms in total. The van der Waals surface area contributed by atoms with Crippen LogP contribution in [0.1, 0.15) is 0 Å². The molecule has 1 radical (unpaired) electrons. The molecule has 0 atom stereocenters. The van der Waals surface area contributed by atoms with Crippen LogP contribution in [0.5, 0.6) is 0 Å². The molecule has 8 heavy (non-hydrogen) atoms. The molecule has 3 heteroatoms.